The molecule has 1 aromatic heterocycles. The molecule has 2 aromatic rings. The number of nitrogens with zero attached hydrogens (tertiary/aromatic N) is 2. The number of nitrogens with one attached hydrogen (secondary N) is 1. The van der Waals surface area contributed by atoms with Gasteiger partial charge in [0, 0.05) is 6.20 Å². The molecule has 1 fully saturated rings. The molecule has 0 spiro atoms. The molecule has 3 nitrogen and oxygen atoms in total. The van der Waals surface area contributed by atoms with Gasteiger partial charge in [-0.25, -0.2) is 4.68 Å². The normalized spacial score (nSPS) is 17.1. The predicted molar refractivity (Wildman–Crippen MR) is 77.3 cm³/mol. The van der Waals surface area contributed by atoms with Crippen LogP contribution >= 0.6 is 0 Å². The third kappa shape index (κ3) is 2.71. The van der Waals surface area contributed by atoms with E-state index in [4.69, 9.17) is 5.10 Å². The summed E-state index contributed by atoms with van der Waals surface area (Å²) in [6, 6.07) is 12.8. The average molecular weight is 255 g/mol. The van der Waals surface area contributed by atoms with Crippen molar-refractivity contribution in [2.24, 2.45) is 5.92 Å². The molecule has 1 aliphatic rings. The molecule has 1 aliphatic carbocycles. The number of para-hydroxylation sites is 1. The molecule has 0 radical (unpaired) electrons. The Morgan fingerprint density at radius 3 is 2.68 bits per heavy atom. The van der Waals surface area contributed by atoms with Crippen molar-refractivity contribution in [1.29, 1.82) is 0 Å². The highest BCUT2D eigenvalue weighted by Gasteiger charge is 2.23. The molecular formula is C16H21N3. The van der Waals surface area contributed by atoms with Crippen LogP contribution in [0.2, 0.25) is 0 Å². The van der Waals surface area contributed by atoms with Gasteiger partial charge in [-0.05, 0) is 37.6 Å². The average Bonchev–Trinajstić information content (AvgIpc) is 2.88. The monoisotopic (exact) mass is 255 g/mol. The molecule has 1 atom stereocenters. The Morgan fingerprint density at radius 2 is 2.05 bits per heavy atom. The highest BCUT2D eigenvalue weighted by molar-refractivity contribution is 5.30. The standard InChI is InChI=1S/C16H21N3/c1-17-16(12-13-6-5-7-13)15-10-11-19(18-15)14-8-3-2-4-9-14/h2-4,8-11,13,16-17H,5-7,12H2,1H3. The number of benzene rings is 1. The van der Waals surface area contributed by atoms with Gasteiger partial charge in [0.2, 0.25) is 0 Å². The lowest BCUT2D eigenvalue weighted by Crippen LogP contribution is -2.23. The maximum atomic E-state index is 4.72. The Labute approximate surface area is 114 Å². The highest BCUT2D eigenvalue weighted by Crippen LogP contribution is 2.34. The summed E-state index contributed by atoms with van der Waals surface area (Å²) in [5.41, 5.74) is 2.27. The molecule has 19 heavy (non-hydrogen) atoms. The highest BCUT2D eigenvalue weighted by atomic mass is 15.3. The van der Waals surface area contributed by atoms with Crippen LogP contribution in [0.3, 0.4) is 0 Å². The number of aromatic nitrogens is 2. The zero-order valence-corrected chi connectivity index (χ0v) is 11.4. The minimum Gasteiger partial charge on any atom is -0.312 e. The Morgan fingerprint density at radius 1 is 1.26 bits per heavy atom. The number of rotatable bonds is 5. The third-order valence-electron chi connectivity index (χ3n) is 4.13. The Bertz CT molecular complexity index is 514. The van der Waals surface area contributed by atoms with Crippen LogP contribution in [-0.4, -0.2) is 16.8 Å². The Hall–Kier alpha value is -1.61. The van der Waals surface area contributed by atoms with Crippen LogP contribution in [0.15, 0.2) is 42.6 Å². The van der Waals surface area contributed by atoms with E-state index in [9.17, 15) is 0 Å². The number of hydrogen-bond donors (Lipinski definition) is 1. The summed E-state index contributed by atoms with van der Waals surface area (Å²) < 4.78 is 1.96. The molecule has 0 aliphatic heterocycles. The van der Waals surface area contributed by atoms with Gasteiger partial charge in [-0.15, -0.1) is 0 Å². The molecule has 0 saturated heterocycles. The van der Waals surface area contributed by atoms with Crippen molar-refractivity contribution in [1.82, 2.24) is 15.1 Å². The summed E-state index contributed by atoms with van der Waals surface area (Å²) >= 11 is 0. The summed E-state index contributed by atoms with van der Waals surface area (Å²) in [5, 5.41) is 8.12. The van der Waals surface area contributed by atoms with Crippen molar-refractivity contribution in [2.75, 3.05) is 7.05 Å². The van der Waals surface area contributed by atoms with Crippen LogP contribution in [0.4, 0.5) is 0 Å². The van der Waals surface area contributed by atoms with E-state index in [1.54, 1.807) is 0 Å². The first-order valence-corrected chi connectivity index (χ1v) is 7.15. The quantitative estimate of drug-likeness (QED) is 0.888. The molecular weight excluding hydrogens is 234 g/mol. The first-order valence-electron chi connectivity index (χ1n) is 7.15. The van der Waals surface area contributed by atoms with E-state index < -0.39 is 0 Å². The van der Waals surface area contributed by atoms with E-state index in [0.717, 1.165) is 17.3 Å². The number of hydrogen-bond acceptors (Lipinski definition) is 2. The van der Waals surface area contributed by atoms with Crippen molar-refractivity contribution >= 4 is 0 Å². The van der Waals surface area contributed by atoms with E-state index in [-0.39, 0.29) is 0 Å². The lowest BCUT2D eigenvalue weighted by atomic mass is 9.80. The van der Waals surface area contributed by atoms with Crippen LogP contribution in [-0.2, 0) is 0 Å². The second-order valence-corrected chi connectivity index (χ2v) is 5.39. The Kier molecular flexibility index (Phi) is 3.65. The first kappa shape index (κ1) is 12.4. The summed E-state index contributed by atoms with van der Waals surface area (Å²) in [6.45, 7) is 0. The van der Waals surface area contributed by atoms with Gasteiger partial charge < -0.3 is 5.32 Å². The first-order chi connectivity index (χ1) is 9.36. The second-order valence-electron chi connectivity index (χ2n) is 5.39. The van der Waals surface area contributed by atoms with E-state index >= 15 is 0 Å². The lowest BCUT2D eigenvalue weighted by Gasteiger charge is -2.28. The molecule has 3 rings (SSSR count). The van der Waals surface area contributed by atoms with Gasteiger partial charge in [0.15, 0.2) is 0 Å². The van der Waals surface area contributed by atoms with E-state index in [2.05, 4.69) is 29.7 Å². The largest absolute Gasteiger partial charge is 0.312 e. The van der Waals surface area contributed by atoms with E-state index in [1.165, 1.54) is 25.7 Å². The topological polar surface area (TPSA) is 29.9 Å². The van der Waals surface area contributed by atoms with Gasteiger partial charge >= 0.3 is 0 Å². The van der Waals surface area contributed by atoms with Crippen molar-refractivity contribution in [3.63, 3.8) is 0 Å². The predicted octanol–water partition coefficient (Wildman–Crippen LogP) is 3.32. The molecule has 1 aromatic carbocycles. The molecule has 100 valence electrons. The summed E-state index contributed by atoms with van der Waals surface area (Å²) in [7, 11) is 2.03. The van der Waals surface area contributed by atoms with Crippen molar-refractivity contribution in [3.8, 4) is 5.69 Å². The van der Waals surface area contributed by atoms with Gasteiger partial charge in [0.25, 0.3) is 0 Å². The zero-order chi connectivity index (χ0) is 13.1. The maximum absolute atomic E-state index is 4.72. The fourth-order valence-electron chi connectivity index (χ4n) is 2.70. The van der Waals surface area contributed by atoms with Crippen LogP contribution < -0.4 is 5.32 Å². The van der Waals surface area contributed by atoms with E-state index in [1.807, 2.05) is 29.9 Å². The SMILES string of the molecule is CNC(CC1CCC1)c1ccn(-c2ccccc2)n1. The summed E-state index contributed by atoms with van der Waals surface area (Å²) in [6.07, 6.45) is 7.44. The Balaban J connectivity index is 1.75. The second kappa shape index (κ2) is 5.57. The maximum Gasteiger partial charge on any atom is 0.0798 e. The molecule has 1 saturated carbocycles. The zero-order valence-electron chi connectivity index (χ0n) is 11.4. The summed E-state index contributed by atoms with van der Waals surface area (Å²) in [4.78, 5) is 0. The van der Waals surface area contributed by atoms with Crippen molar-refractivity contribution in [3.05, 3.63) is 48.3 Å². The van der Waals surface area contributed by atoms with Gasteiger partial charge in [-0.2, -0.15) is 5.10 Å². The fourth-order valence-corrected chi connectivity index (χ4v) is 2.70. The van der Waals surface area contributed by atoms with Crippen LogP contribution in [0.5, 0.6) is 0 Å². The van der Waals surface area contributed by atoms with Gasteiger partial charge in [0.1, 0.15) is 0 Å². The fraction of sp³-hybridized carbons (Fsp3) is 0.438. The van der Waals surface area contributed by atoms with Crippen molar-refractivity contribution in [2.45, 2.75) is 31.7 Å². The third-order valence-corrected chi connectivity index (χ3v) is 4.13. The lowest BCUT2D eigenvalue weighted by molar-refractivity contribution is 0.263. The minimum absolute atomic E-state index is 0.385. The molecule has 1 N–H and O–H groups in total. The van der Waals surface area contributed by atoms with Gasteiger partial charge in [0.05, 0.1) is 17.4 Å². The van der Waals surface area contributed by atoms with Gasteiger partial charge in [-0.3, -0.25) is 0 Å². The smallest absolute Gasteiger partial charge is 0.0798 e. The molecule has 1 heterocycles. The minimum atomic E-state index is 0.385. The van der Waals surface area contributed by atoms with Crippen LogP contribution in [0.25, 0.3) is 5.69 Å². The van der Waals surface area contributed by atoms with Crippen LogP contribution in [0, 0.1) is 5.92 Å². The molecule has 0 bridgehead atoms. The summed E-state index contributed by atoms with van der Waals surface area (Å²) in [5.74, 6) is 0.888. The molecule has 1 unspecified atom stereocenters. The van der Waals surface area contributed by atoms with Crippen LogP contribution in [0.1, 0.15) is 37.4 Å². The van der Waals surface area contributed by atoms with Gasteiger partial charge in [-0.1, -0.05) is 37.5 Å². The van der Waals surface area contributed by atoms with Crippen molar-refractivity contribution < 1.29 is 0 Å². The van der Waals surface area contributed by atoms with E-state index in [0.29, 0.717) is 6.04 Å². The molecule has 3 heteroatoms. The molecule has 0 amide bonds.